The number of carbonyl (C=O) groups is 2. The minimum absolute atomic E-state index is 0.268. The van der Waals surface area contributed by atoms with E-state index in [1.165, 1.54) is 24.6 Å². The van der Waals surface area contributed by atoms with E-state index in [0.717, 1.165) is 5.69 Å². The Balaban J connectivity index is 1.81. The number of hydrogen-bond acceptors (Lipinski definition) is 5. The number of rotatable bonds is 7. The van der Waals surface area contributed by atoms with E-state index in [1.807, 2.05) is 12.5 Å². The molecule has 23 heavy (non-hydrogen) atoms. The molecule has 0 aliphatic heterocycles. The summed E-state index contributed by atoms with van der Waals surface area (Å²) in [6, 6.07) is -0.435. The second-order valence-corrected chi connectivity index (χ2v) is 7.61. The van der Waals surface area contributed by atoms with E-state index >= 15 is 0 Å². The van der Waals surface area contributed by atoms with Crippen LogP contribution in [0.4, 0.5) is 4.79 Å². The monoisotopic (exact) mass is 341 g/mol. The Morgan fingerprint density at radius 1 is 1.52 bits per heavy atom. The van der Waals surface area contributed by atoms with Gasteiger partial charge in [-0.25, -0.2) is 14.6 Å². The Hall–Kier alpha value is -1.70. The van der Waals surface area contributed by atoms with Gasteiger partial charge in [-0.05, 0) is 33.6 Å². The van der Waals surface area contributed by atoms with Crippen molar-refractivity contribution in [1.82, 2.24) is 14.9 Å². The number of carboxylic acids is 1. The lowest BCUT2D eigenvalue weighted by Crippen LogP contribution is -2.44. The summed E-state index contributed by atoms with van der Waals surface area (Å²) in [4.78, 5) is 27.1. The number of hydrogen-bond donors (Lipinski definition) is 2. The van der Waals surface area contributed by atoms with Gasteiger partial charge in [0.05, 0.1) is 6.33 Å². The molecule has 2 rings (SSSR count). The van der Waals surface area contributed by atoms with Crippen molar-refractivity contribution in [2.45, 2.75) is 57.1 Å². The molecule has 1 amide bonds. The van der Waals surface area contributed by atoms with Gasteiger partial charge in [-0.15, -0.1) is 0 Å². The third-order valence-corrected chi connectivity index (χ3v) is 4.28. The Bertz CT molecular complexity index is 563. The van der Waals surface area contributed by atoms with Crippen molar-refractivity contribution in [3.05, 3.63) is 18.2 Å². The number of ether oxygens (including phenoxy) is 1. The van der Waals surface area contributed by atoms with Crippen molar-refractivity contribution in [3.63, 3.8) is 0 Å². The first-order chi connectivity index (χ1) is 10.8. The second kappa shape index (κ2) is 7.25. The van der Waals surface area contributed by atoms with Crippen LogP contribution in [0.1, 0.15) is 45.3 Å². The number of alkyl carbamates (subject to hydrolysis) is 1. The fraction of sp³-hybridized carbons (Fsp3) is 0.667. The van der Waals surface area contributed by atoms with E-state index in [4.69, 9.17) is 4.74 Å². The summed E-state index contributed by atoms with van der Waals surface area (Å²) < 4.78 is 7.24. The highest BCUT2D eigenvalue weighted by atomic mass is 32.2. The Labute approximate surface area is 139 Å². The molecule has 0 spiro atoms. The highest BCUT2D eigenvalue weighted by molar-refractivity contribution is 7.98. The molecular formula is C15H23N3O4S. The van der Waals surface area contributed by atoms with Gasteiger partial charge in [-0.3, -0.25) is 0 Å². The first kappa shape index (κ1) is 17.7. The van der Waals surface area contributed by atoms with Gasteiger partial charge < -0.3 is 19.7 Å². The maximum atomic E-state index is 11.7. The maximum Gasteiger partial charge on any atom is 0.408 e. The quantitative estimate of drug-likeness (QED) is 0.791. The SMILES string of the molecule is CC(C)(C)OC(=O)NC(CSCc1cncn1C1CC1)C(=O)O. The normalized spacial score (nSPS) is 16.0. The standard InChI is InChI=1S/C15H23N3O4S/c1-15(2,3)22-14(21)17-12(13(19)20)8-23-7-11-6-16-9-18(11)10-4-5-10/h6,9-10,12H,4-5,7-8H2,1-3H3,(H,17,21)(H,19,20). The lowest BCUT2D eigenvalue weighted by Gasteiger charge is -2.21. The van der Waals surface area contributed by atoms with E-state index in [0.29, 0.717) is 11.8 Å². The van der Waals surface area contributed by atoms with Crippen molar-refractivity contribution in [2.24, 2.45) is 0 Å². The van der Waals surface area contributed by atoms with Gasteiger partial charge in [0.15, 0.2) is 0 Å². The second-order valence-electron chi connectivity index (χ2n) is 6.58. The van der Waals surface area contributed by atoms with Crippen LogP contribution >= 0.6 is 11.8 Å². The largest absolute Gasteiger partial charge is 0.480 e. The summed E-state index contributed by atoms with van der Waals surface area (Å²) in [5.41, 5.74) is 0.427. The molecule has 1 aromatic heterocycles. The van der Waals surface area contributed by atoms with Crippen molar-refractivity contribution >= 4 is 23.8 Å². The minimum Gasteiger partial charge on any atom is -0.480 e. The number of thioether (sulfide) groups is 1. The average Bonchev–Trinajstić information content (AvgIpc) is 3.15. The Morgan fingerprint density at radius 3 is 2.78 bits per heavy atom. The molecule has 1 aliphatic rings. The minimum atomic E-state index is -1.07. The zero-order valence-electron chi connectivity index (χ0n) is 13.6. The number of carboxylic acid groups (broad SMARTS) is 1. The molecular weight excluding hydrogens is 318 g/mol. The summed E-state index contributed by atoms with van der Waals surface area (Å²) in [6.07, 6.45) is 5.26. The molecule has 1 unspecified atom stereocenters. The lowest BCUT2D eigenvalue weighted by atomic mass is 10.2. The summed E-state index contributed by atoms with van der Waals surface area (Å²) in [7, 11) is 0. The van der Waals surface area contributed by atoms with Gasteiger partial charge in [0.2, 0.25) is 0 Å². The van der Waals surface area contributed by atoms with Gasteiger partial charge in [0, 0.05) is 29.4 Å². The third-order valence-electron chi connectivity index (χ3n) is 3.21. The van der Waals surface area contributed by atoms with Crippen LogP contribution in [0.25, 0.3) is 0 Å². The smallest absolute Gasteiger partial charge is 0.408 e. The van der Waals surface area contributed by atoms with E-state index in [1.54, 1.807) is 20.8 Å². The predicted octanol–water partition coefficient (Wildman–Crippen LogP) is 2.43. The number of imidazole rings is 1. The molecule has 1 aliphatic carbocycles. The fourth-order valence-corrected chi connectivity index (χ4v) is 3.04. The number of aromatic nitrogens is 2. The molecule has 1 atom stereocenters. The summed E-state index contributed by atoms with van der Waals surface area (Å²) in [5.74, 6) is -0.139. The van der Waals surface area contributed by atoms with Gasteiger partial charge in [0.25, 0.3) is 0 Å². The topological polar surface area (TPSA) is 93.5 Å². The summed E-state index contributed by atoms with van der Waals surface area (Å²) in [6.45, 7) is 5.20. The van der Waals surface area contributed by atoms with Crippen LogP contribution in [-0.4, -0.2) is 44.1 Å². The molecule has 1 aromatic rings. The van der Waals surface area contributed by atoms with E-state index in [9.17, 15) is 14.7 Å². The van der Waals surface area contributed by atoms with Gasteiger partial charge in [-0.1, -0.05) is 0 Å². The first-order valence-electron chi connectivity index (χ1n) is 7.57. The molecule has 0 saturated heterocycles. The Morgan fingerprint density at radius 2 is 2.22 bits per heavy atom. The van der Waals surface area contributed by atoms with E-state index in [-0.39, 0.29) is 5.75 Å². The van der Waals surface area contributed by atoms with Crippen molar-refractivity contribution < 1.29 is 19.4 Å². The predicted molar refractivity (Wildman–Crippen MR) is 87.5 cm³/mol. The molecule has 0 radical (unpaired) electrons. The maximum absolute atomic E-state index is 11.7. The Kier molecular flexibility index (Phi) is 5.56. The van der Waals surface area contributed by atoms with Gasteiger partial charge in [-0.2, -0.15) is 11.8 Å². The molecule has 1 heterocycles. The van der Waals surface area contributed by atoms with Crippen molar-refractivity contribution in [2.75, 3.05) is 5.75 Å². The van der Waals surface area contributed by atoms with Crippen LogP contribution in [0.2, 0.25) is 0 Å². The van der Waals surface area contributed by atoms with Crippen LogP contribution in [0.3, 0.4) is 0 Å². The zero-order chi connectivity index (χ0) is 17.0. The van der Waals surface area contributed by atoms with Crippen LogP contribution in [0.15, 0.2) is 12.5 Å². The number of aliphatic carboxylic acids is 1. The number of carbonyl (C=O) groups excluding carboxylic acids is 1. The zero-order valence-corrected chi connectivity index (χ0v) is 14.4. The van der Waals surface area contributed by atoms with Crippen LogP contribution in [0, 0.1) is 0 Å². The van der Waals surface area contributed by atoms with E-state index < -0.39 is 23.7 Å². The molecule has 128 valence electrons. The number of amides is 1. The van der Waals surface area contributed by atoms with Crippen molar-refractivity contribution in [3.8, 4) is 0 Å². The van der Waals surface area contributed by atoms with Crippen LogP contribution in [0.5, 0.6) is 0 Å². The highest BCUT2D eigenvalue weighted by Gasteiger charge is 2.26. The third kappa shape index (κ3) is 5.78. The summed E-state index contributed by atoms with van der Waals surface area (Å²) >= 11 is 1.45. The lowest BCUT2D eigenvalue weighted by molar-refractivity contribution is -0.138. The van der Waals surface area contributed by atoms with E-state index in [2.05, 4.69) is 14.9 Å². The molecule has 7 nitrogen and oxygen atoms in total. The molecule has 2 N–H and O–H groups in total. The van der Waals surface area contributed by atoms with Crippen LogP contribution < -0.4 is 5.32 Å². The van der Waals surface area contributed by atoms with Crippen molar-refractivity contribution in [1.29, 1.82) is 0 Å². The highest BCUT2D eigenvalue weighted by Crippen LogP contribution is 2.36. The molecule has 0 bridgehead atoms. The molecule has 0 aromatic carbocycles. The fourth-order valence-electron chi connectivity index (χ4n) is 2.03. The summed E-state index contributed by atoms with van der Waals surface area (Å²) in [5, 5.41) is 11.6. The van der Waals surface area contributed by atoms with Gasteiger partial charge >= 0.3 is 12.1 Å². The van der Waals surface area contributed by atoms with Gasteiger partial charge in [0.1, 0.15) is 11.6 Å². The molecule has 1 fully saturated rings. The van der Waals surface area contributed by atoms with Crippen LogP contribution in [-0.2, 0) is 15.3 Å². The molecule has 1 saturated carbocycles. The number of nitrogens with zero attached hydrogens (tertiary/aromatic N) is 2. The first-order valence-corrected chi connectivity index (χ1v) is 8.72. The molecule has 8 heteroatoms. The average molecular weight is 341 g/mol. The number of nitrogens with one attached hydrogen (secondary N) is 1.